The van der Waals surface area contributed by atoms with Gasteiger partial charge in [0.25, 0.3) is 0 Å². The number of nitrogens with one attached hydrogen (secondary N) is 1. The van der Waals surface area contributed by atoms with Crippen molar-refractivity contribution >= 4 is 17.2 Å². The Hall–Kier alpha value is -2.70. The minimum absolute atomic E-state index is 0.00394. The number of nitrogens with zero attached hydrogens (tertiary/aromatic N) is 2. The summed E-state index contributed by atoms with van der Waals surface area (Å²) in [5, 5.41) is 6.13. The predicted molar refractivity (Wildman–Crippen MR) is 125 cm³/mol. The summed E-state index contributed by atoms with van der Waals surface area (Å²) in [5.74, 6) is 1.27. The van der Waals surface area contributed by atoms with Crippen molar-refractivity contribution < 1.29 is 9.53 Å². The van der Waals surface area contributed by atoms with Crippen LogP contribution in [-0.2, 0) is 11.3 Å². The number of methoxy groups -OCH3 is 1. The van der Waals surface area contributed by atoms with Crippen LogP contribution in [0.2, 0.25) is 0 Å². The number of carbonyl (C=O) groups is 1. The number of para-hydroxylation sites is 1. The van der Waals surface area contributed by atoms with Crippen LogP contribution >= 0.6 is 11.3 Å². The van der Waals surface area contributed by atoms with Crippen molar-refractivity contribution in [3.05, 3.63) is 70.7 Å². The average molecular weight is 436 g/mol. The first-order valence-corrected chi connectivity index (χ1v) is 11.6. The van der Waals surface area contributed by atoms with E-state index in [1.54, 1.807) is 25.4 Å². The molecule has 1 aliphatic rings. The third-order valence-corrected chi connectivity index (χ3v) is 6.73. The number of amides is 1. The van der Waals surface area contributed by atoms with Gasteiger partial charge in [0, 0.05) is 37.2 Å². The van der Waals surface area contributed by atoms with Gasteiger partial charge in [-0.2, -0.15) is 0 Å². The molecule has 1 fully saturated rings. The quantitative estimate of drug-likeness (QED) is 0.573. The number of aromatic nitrogens is 1. The summed E-state index contributed by atoms with van der Waals surface area (Å²) in [4.78, 5) is 18.8. The van der Waals surface area contributed by atoms with Crippen molar-refractivity contribution in [1.82, 2.24) is 15.2 Å². The normalized spacial score (nSPS) is 17.8. The molecule has 0 radical (unpaired) electrons. The molecule has 1 N–H and O–H groups in total. The summed E-state index contributed by atoms with van der Waals surface area (Å²) in [6.07, 6.45) is 4.05. The second-order valence-electron chi connectivity index (χ2n) is 8.08. The minimum Gasteiger partial charge on any atom is -0.496 e. The molecule has 1 saturated heterocycles. The first-order chi connectivity index (χ1) is 15.1. The number of hydrogen-bond acceptors (Lipinski definition) is 5. The summed E-state index contributed by atoms with van der Waals surface area (Å²) >= 11 is 1.62. The van der Waals surface area contributed by atoms with E-state index in [1.165, 1.54) is 5.56 Å². The zero-order valence-corrected chi connectivity index (χ0v) is 18.9. The van der Waals surface area contributed by atoms with Crippen LogP contribution in [0.15, 0.2) is 60.1 Å². The molecular weight excluding hydrogens is 406 g/mol. The van der Waals surface area contributed by atoms with Crippen LogP contribution in [0.25, 0.3) is 11.1 Å². The van der Waals surface area contributed by atoms with Crippen molar-refractivity contribution in [1.29, 1.82) is 0 Å². The van der Waals surface area contributed by atoms with E-state index in [1.807, 2.05) is 29.8 Å². The molecular formula is C25H29N3O2S. The van der Waals surface area contributed by atoms with Crippen LogP contribution in [0.3, 0.4) is 0 Å². The van der Waals surface area contributed by atoms with Crippen molar-refractivity contribution in [3.8, 4) is 16.9 Å². The van der Waals surface area contributed by atoms with E-state index in [9.17, 15) is 4.79 Å². The van der Waals surface area contributed by atoms with E-state index in [4.69, 9.17) is 4.74 Å². The molecule has 0 spiro atoms. The molecule has 5 nitrogen and oxygen atoms in total. The molecule has 6 heteroatoms. The minimum atomic E-state index is -0.00628. The maximum absolute atomic E-state index is 11.8. The fourth-order valence-electron chi connectivity index (χ4n) is 4.43. The van der Waals surface area contributed by atoms with E-state index >= 15 is 0 Å². The molecule has 1 aliphatic heterocycles. The van der Waals surface area contributed by atoms with Crippen LogP contribution in [-0.4, -0.2) is 36.0 Å². The van der Waals surface area contributed by atoms with Gasteiger partial charge in [-0.05, 0) is 42.5 Å². The first-order valence-electron chi connectivity index (χ1n) is 10.7. The molecule has 4 rings (SSSR count). The highest BCUT2D eigenvalue weighted by Crippen LogP contribution is 2.32. The van der Waals surface area contributed by atoms with Gasteiger partial charge in [-0.15, -0.1) is 11.3 Å². The molecule has 2 atom stereocenters. The highest BCUT2D eigenvalue weighted by molar-refractivity contribution is 7.09. The Morgan fingerprint density at radius 1 is 1.26 bits per heavy atom. The van der Waals surface area contributed by atoms with Crippen LogP contribution < -0.4 is 10.1 Å². The van der Waals surface area contributed by atoms with Gasteiger partial charge in [-0.25, -0.2) is 4.98 Å². The van der Waals surface area contributed by atoms with Crippen LogP contribution in [0, 0.1) is 5.92 Å². The third-order valence-electron chi connectivity index (χ3n) is 5.87. The van der Waals surface area contributed by atoms with Gasteiger partial charge in [0.15, 0.2) is 0 Å². The van der Waals surface area contributed by atoms with Gasteiger partial charge in [-0.3, -0.25) is 9.69 Å². The number of piperidine rings is 1. The summed E-state index contributed by atoms with van der Waals surface area (Å²) < 4.78 is 5.50. The fraction of sp³-hybridized carbons (Fsp3) is 0.360. The zero-order valence-electron chi connectivity index (χ0n) is 18.1. The molecule has 31 heavy (non-hydrogen) atoms. The molecule has 1 aromatic heterocycles. The first kappa shape index (κ1) is 21.5. The van der Waals surface area contributed by atoms with Gasteiger partial charge >= 0.3 is 0 Å². The van der Waals surface area contributed by atoms with Crippen molar-refractivity contribution in [2.45, 2.75) is 32.4 Å². The molecule has 0 aliphatic carbocycles. The summed E-state index contributed by atoms with van der Waals surface area (Å²) in [6, 6.07) is 16.9. The Balaban J connectivity index is 1.44. The van der Waals surface area contributed by atoms with Gasteiger partial charge in [0.1, 0.15) is 10.8 Å². The lowest BCUT2D eigenvalue weighted by atomic mass is 9.90. The fourth-order valence-corrected chi connectivity index (χ4v) is 5.21. The molecule has 0 bridgehead atoms. The van der Waals surface area contributed by atoms with Crippen molar-refractivity contribution in [2.75, 3.05) is 20.2 Å². The Morgan fingerprint density at radius 2 is 2.06 bits per heavy atom. The van der Waals surface area contributed by atoms with Crippen LogP contribution in [0.1, 0.15) is 36.4 Å². The molecule has 2 heterocycles. The Morgan fingerprint density at radius 3 is 2.77 bits per heavy atom. The predicted octanol–water partition coefficient (Wildman–Crippen LogP) is 4.91. The van der Waals surface area contributed by atoms with E-state index in [2.05, 4.69) is 45.5 Å². The SMILES string of the molecule is COc1ccccc1-c1ccc(CN2CCC[C@H]([C@@H](NC(C)=O)c3nccs3)C2)cc1. The topological polar surface area (TPSA) is 54.5 Å². The lowest BCUT2D eigenvalue weighted by molar-refractivity contribution is -0.120. The van der Waals surface area contributed by atoms with E-state index in [0.29, 0.717) is 5.92 Å². The van der Waals surface area contributed by atoms with Gasteiger partial charge in [0.05, 0.1) is 13.2 Å². The van der Waals surface area contributed by atoms with E-state index in [0.717, 1.165) is 54.4 Å². The van der Waals surface area contributed by atoms with Gasteiger partial charge < -0.3 is 10.1 Å². The third kappa shape index (κ3) is 5.32. The van der Waals surface area contributed by atoms with Crippen molar-refractivity contribution in [3.63, 3.8) is 0 Å². The maximum atomic E-state index is 11.8. The average Bonchev–Trinajstić information content (AvgIpc) is 3.33. The lowest BCUT2D eigenvalue weighted by Gasteiger charge is -2.36. The smallest absolute Gasteiger partial charge is 0.217 e. The molecule has 0 saturated carbocycles. The highest BCUT2D eigenvalue weighted by Gasteiger charge is 2.30. The van der Waals surface area contributed by atoms with Gasteiger partial charge in [0.2, 0.25) is 5.91 Å². The number of hydrogen-bond donors (Lipinski definition) is 1. The molecule has 1 amide bonds. The Labute approximate surface area is 188 Å². The molecule has 2 aromatic carbocycles. The Kier molecular flexibility index (Phi) is 6.99. The standard InChI is InChI=1S/C25H29N3O2S/c1-18(29)27-24(25-26-13-15-31-25)21-6-5-14-28(17-21)16-19-9-11-20(12-10-19)22-7-3-4-8-23(22)30-2/h3-4,7-13,15,21,24H,5-6,14,16-17H2,1-2H3,(H,27,29)/t21-,24+/m0/s1. The second-order valence-corrected chi connectivity index (χ2v) is 9.01. The van der Waals surface area contributed by atoms with Crippen LogP contribution in [0.5, 0.6) is 5.75 Å². The monoisotopic (exact) mass is 435 g/mol. The van der Waals surface area contributed by atoms with E-state index in [-0.39, 0.29) is 11.9 Å². The zero-order chi connectivity index (χ0) is 21.6. The number of carbonyl (C=O) groups excluding carboxylic acids is 1. The van der Waals surface area contributed by atoms with Gasteiger partial charge in [-0.1, -0.05) is 42.5 Å². The molecule has 3 aromatic rings. The summed E-state index contributed by atoms with van der Waals surface area (Å²) in [7, 11) is 1.71. The number of likely N-dealkylation sites (tertiary alicyclic amines) is 1. The summed E-state index contributed by atoms with van der Waals surface area (Å²) in [5.41, 5.74) is 3.56. The number of benzene rings is 2. The highest BCUT2D eigenvalue weighted by atomic mass is 32.1. The Bertz CT molecular complexity index is 988. The van der Waals surface area contributed by atoms with Crippen molar-refractivity contribution in [2.24, 2.45) is 5.92 Å². The van der Waals surface area contributed by atoms with Crippen LogP contribution in [0.4, 0.5) is 0 Å². The second kappa shape index (κ2) is 10.1. The largest absolute Gasteiger partial charge is 0.496 e. The summed E-state index contributed by atoms with van der Waals surface area (Å²) in [6.45, 7) is 4.53. The maximum Gasteiger partial charge on any atom is 0.217 e. The molecule has 162 valence electrons. The number of ether oxygens (including phenoxy) is 1. The van der Waals surface area contributed by atoms with E-state index < -0.39 is 0 Å². The lowest BCUT2D eigenvalue weighted by Crippen LogP contribution is -2.42. The number of thiazole rings is 1. The number of rotatable bonds is 7. The molecule has 0 unspecified atom stereocenters.